The summed E-state index contributed by atoms with van der Waals surface area (Å²) >= 11 is 5.06. The van der Waals surface area contributed by atoms with E-state index in [0.29, 0.717) is 10.7 Å². The Balaban J connectivity index is 1.79. The van der Waals surface area contributed by atoms with E-state index < -0.39 is 0 Å². The van der Waals surface area contributed by atoms with Gasteiger partial charge in [-0.25, -0.2) is 4.98 Å². The van der Waals surface area contributed by atoms with Gasteiger partial charge in [-0.05, 0) is 38.5 Å². The number of carbonyl (C=O) groups excluding carboxylic acids is 1. The number of alkyl halides is 1. The van der Waals surface area contributed by atoms with Crippen LogP contribution in [-0.2, 0) is 0 Å². The first kappa shape index (κ1) is 13.0. The van der Waals surface area contributed by atoms with Crippen molar-refractivity contribution in [3.63, 3.8) is 0 Å². The molecular weight excluding hydrogens is 300 g/mol. The number of aromatic nitrogens is 1. The molecule has 1 aromatic heterocycles. The van der Waals surface area contributed by atoms with E-state index >= 15 is 0 Å². The fourth-order valence-electron chi connectivity index (χ4n) is 2.16. The van der Waals surface area contributed by atoms with Gasteiger partial charge in [0.1, 0.15) is 4.88 Å². The number of amides is 1. The molecule has 1 aromatic rings. The molecule has 0 radical (unpaired) electrons. The molecule has 5 heteroatoms. The van der Waals surface area contributed by atoms with Crippen LogP contribution in [0.4, 0.5) is 0 Å². The smallest absolute Gasteiger partial charge is 0.263 e. The lowest BCUT2D eigenvalue weighted by atomic mass is 9.89. The summed E-state index contributed by atoms with van der Waals surface area (Å²) in [6.45, 7) is 2.68. The van der Waals surface area contributed by atoms with Crippen molar-refractivity contribution in [1.82, 2.24) is 10.3 Å². The van der Waals surface area contributed by atoms with Crippen molar-refractivity contribution >= 4 is 33.2 Å². The van der Waals surface area contributed by atoms with Gasteiger partial charge in [0, 0.05) is 11.4 Å². The number of halogens is 1. The van der Waals surface area contributed by atoms with Crippen molar-refractivity contribution in [3.8, 4) is 0 Å². The maximum absolute atomic E-state index is 11.9. The summed E-state index contributed by atoms with van der Waals surface area (Å²) in [6, 6.07) is 0. The number of aryl methyl sites for hydroxylation is 1. The van der Waals surface area contributed by atoms with E-state index in [1.165, 1.54) is 37.0 Å². The fraction of sp³-hybridized carbons (Fsp3) is 0.667. The molecular formula is C12H17BrN2OS. The molecule has 0 unspecified atom stereocenters. The third kappa shape index (κ3) is 3.52. The highest BCUT2D eigenvalue weighted by atomic mass is 79.9. The zero-order valence-electron chi connectivity index (χ0n) is 9.91. The second-order valence-electron chi connectivity index (χ2n) is 4.59. The van der Waals surface area contributed by atoms with Gasteiger partial charge in [0.15, 0.2) is 0 Å². The maximum atomic E-state index is 11.9. The summed E-state index contributed by atoms with van der Waals surface area (Å²) in [6.07, 6.45) is 4.86. The van der Waals surface area contributed by atoms with Gasteiger partial charge >= 0.3 is 0 Å². The molecule has 1 heterocycles. The molecule has 94 valence electrons. The van der Waals surface area contributed by atoms with Crippen molar-refractivity contribution in [2.24, 2.45) is 5.92 Å². The summed E-state index contributed by atoms with van der Waals surface area (Å²) < 4.78 is 0. The molecule has 1 N–H and O–H groups in total. The third-order valence-electron chi connectivity index (χ3n) is 3.28. The molecule has 0 bridgehead atoms. The van der Waals surface area contributed by atoms with Crippen molar-refractivity contribution < 1.29 is 4.79 Å². The Kier molecular flexibility index (Phi) is 4.56. The molecule has 1 amide bonds. The zero-order valence-corrected chi connectivity index (χ0v) is 12.3. The minimum atomic E-state index is 0.0333. The Morgan fingerprint density at radius 2 is 2.24 bits per heavy atom. The number of carbonyl (C=O) groups is 1. The zero-order chi connectivity index (χ0) is 12.3. The van der Waals surface area contributed by atoms with Gasteiger partial charge in [-0.15, -0.1) is 11.3 Å². The first-order chi connectivity index (χ1) is 8.16. The van der Waals surface area contributed by atoms with Gasteiger partial charge in [0.25, 0.3) is 5.91 Å². The van der Waals surface area contributed by atoms with Gasteiger partial charge in [-0.3, -0.25) is 4.79 Å². The lowest BCUT2D eigenvalue weighted by Crippen LogP contribution is -2.31. The van der Waals surface area contributed by atoms with Crippen LogP contribution in [0.15, 0.2) is 5.51 Å². The standard InChI is InChI=1S/C12H17BrN2OS/c1-8-11(17-7-15-8)12(16)14-6-9-2-4-10(13)5-3-9/h7,9-10H,2-6H2,1H3,(H,14,16). The first-order valence-corrected chi connectivity index (χ1v) is 7.78. The van der Waals surface area contributed by atoms with Crippen LogP contribution < -0.4 is 5.32 Å². The van der Waals surface area contributed by atoms with Gasteiger partial charge in [0.2, 0.25) is 0 Å². The highest BCUT2D eigenvalue weighted by Crippen LogP contribution is 2.28. The normalized spacial score (nSPS) is 24.6. The predicted octanol–water partition coefficient (Wildman–Crippen LogP) is 3.14. The van der Waals surface area contributed by atoms with E-state index in [2.05, 4.69) is 26.2 Å². The van der Waals surface area contributed by atoms with Gasteiger partial charge in [-0.1, -0.05) is 15.9 Å². The number of nitrogens with one attached hydrogen (secondary N) is 1. The van der Waals surface area contributed by atoms with Crippen molar-refractivity contribution in [1.29, 1.82) is 0 Å². The minimum absolute atomic E-state index is 0.0333. The largest absolute Gasteiger partial charge is 0.351 e. The lowest BCUT2D eigenvalue weighted by Gasteiger charge is -2.25. The Bertz CT molecular complexity index is 386. The van der Waals surface area contributed by atoms with Crippen LogP contribution in [0.1, 0.15) is 41.0 Å². The predicted molar refractivity (Wildman–Crippen MR) is 73.9 cm³/mol. The van der Waals surface area contributed by atoms with Gasteiger partial charge in [0.05, 0.1) is 11.2 Å². The van der Waals surface area contributed by atoms with E-state index in [4.69, 9.17) is 0 Å². The Morgan fingerprint density at radius 3 is 2.82 bits per heavy atom. The van der Waals surface area contributed by atoms with Crippen LogP contribution >= 0.6 is 27.3 Å². The number of hydrogen-bond donors (Lipinski definition) is 1. The van der Waals surface area contributed by atoms with Gasteiger partial charge < -0.3 is 5.32 Å². The molecule has 3 nitrogen and oxygen atoms in total. The molecule has 0 atom stereocenters. The Labute approximate surface area is 114 Å². The molecule has 0 aliphatic heterocycles. The number of thiazole rings is 1. The highest BCUT2D eigenvalue weighted by molar-refractivity contribution is 9.09. The Morgan fingerprint density at radius 1 is 1.53 bits per heavy atom. The van der Waals surface area contributed by atoms with Crippen molar-refractivity contribution in [2.45, 2.75) is 37.4 Å². The minimum Gasteiger partial charge on any atom is -0.351 e. The van der Waals surface area contributed by atoms with E-state index in [1.54, 1.807) is 5.51 Å². The Hall–Kier alpha value is -0.420. The molecule has 0 saturated heterocycles. The summed E-state index contributed by atoms with van der Waals surface area (Å²) in [7, 11) is 0. The number of rotatable bonds is 3. The van der Waals surface area contributed by atoms with E-state index in [1.807, 2.05) is 6.92 Å². The third-order valence-corrected chi connectivity index (χ3v) is 5.12. The summed E-state index contributed by atoms with van der Waals surface area (Å²) in [5.74, 6) is 0.673. The number of nitrogens with zero attached hydrogens (tertiary/aromatic N) is 1. The number of hydrogen-bond acceptors (Lipinski definition) is 3. The average Bonchev–Trinajstić information content (AvgIpc) is 2.74. The SMILES string of the molecule is Cc1ncsc1C(=O)NCC1CCC(Br)CC1. The van der Waals surface area contributed by atoms with Crippen LogP contribution in [0.3, 0.4) is 0 Å². The van der Waals surface area contributed by atoms with Crippen molar-refractivity contribution in [2.75, 3.05) is 6.54 Å². The second kappa shape index (κ2) is 5.96. The monoisotopic (exact) mass is 316 g/mol. The van der Waals surface area contributed by atoms with Crippen molar-refractivity contribution in [3.05, 3.63) is 16.1 Å². The lowest BCUT2D eigenvalue weighted by molar-refractivity contribution is 0.0947. The molecule has 0 spiro atoms. The molecule has 0 aromatic carbocycles. The quantitative estimate of drug-likeness (QED) is 0.870. The van der Waals surface area contributed by atoms with Crippen LogP contribution in [0.2, 0.25) is 0 Å². The van der Waals surface area contributed by atoms with Crippen LogP contribution in [0.5, 0.6) is 0 Å². The molecule has 17 heavy (non-hydrogen) atoms. The maximum Gasteiger partial charge on any atom is 0.263 e. The molecule has 1 aliphatic carbocycles. The first-order valence-electron chi connectivity index (χ1n) is 5.99. The summed E-state index contributed by atoms with van der Waals surface area (Å²) in [5, 5.41) is 3.03. The van der Waals surface area contributed by atoms with Gasteiger partial charge in [-0.2, -0.15) is 0 Å². The second-order valence-corrected chi connectivity index (χ2v) is 6.74. The van der Waals surface area contributed by atoms with Crippen LogP contribution in [-0.4, -0.2) is 22.3 Å². The van der Waals surface area contributed by atoms with Crippen LogP contribution in [0.25, 0.3) is 0 Å². The van der Waals surface area contributed by atoms with E-state index in [-0.39, 0.29) is 5.91 Å². The molecule has 2 rings (SSSR count). The highest BCUT2D eigenvalue weighted by Gasteiger charge is 2.20. The summed E-state index contributed by atoms with van der Waals surface area (Å²) in [5.41, 5.74) is 2.55. The topological polar surface area (TPSA) is 42.0 Å². The fourth-order valence-corrected chi connectivity index (χ4v) is 3.41. The average molecular weight is 317 g/mol. The summed E-state index contributed by atoms with van der Waals surface area (Å²) in [4.78, 5) is 17.4. The molecule has 1 aliphatic rings. The molecule has 1 fully saturated rings. The van der Waals surface area contributed by atoms with E-state index in [9.17, 15) is 4.79 Å². The molecule has 1 saturated carbocycles. The van der Waals surface area contributed by atoms with E-state index in [0.717, 1.165) is 17.1 Å². The van der Waals surface area contributed by atoms with Crippen LogP contribution in [0, 0.1) is 12.8 Å².